The third-order valence-corrected chi connectivity index (χ3v) is 4.43. The SMILES string of the molecule is OC(Cc1cn2ccsc2n1)C1Cc2ccccc2O1. The van der Waals surface area contributed by atoms with E-state index in [-0.39, 0.29) is 6.10 Å². The predicted octanol–water partition coefficient (Wildman–Crippen LogP) is 2.30. The topological polar surface area (TPSA) is 46.8 Å². The van der Waals surface area contributed by atoms with E-state index in [1.807, 2.05) is 40.4 Å². The number of hydrogen-bond donors (Lipinski definition) is 1. The van der Waals surface area contributed by atoms with E-state index < -0.39 is 6.10 Å². The van der Waals surface area contributed by atoms with Gasteiger partial charge in [-0.25, -0.2) is 4.98 Å². The van der Waals surface area contributed by atoms with Crippen molar-refractivity contribution in [3.63, 3.8) is 0 Å². The Morgan fingerprint density at radius 2 is 2.35 bits per heavy atom. The maximum atomic E-state index is 10.4. The molecule has 0 saturated heterocycles. The van der Waals surface area contributed by atoms with Crippen LogP contribution in [0.4, 0.5) is 0 Å². The van der Waals surface area contributed by atoms with Gasteiger partial charge in [0.2, 0.25) is 0 Å². The van der Waals surface area contributed by atoms with Gasteiger partial charge in [0.1, 0.15) is 11.9 Å². The van der Waals surface area contributed by atoms with Crippen molar-refractivity contribution in [2.24, 2.45) is 0 Å². The smallest absolute Gasteiger partial charge is 0.193 e. The molecular weight excluding hydrogens is 272 g/mol. The molecule has 0 saturated carbocycles. The zero-order valence-electron chi connectivity index (χ0n) is 10.8. The van der Waals surface area contributed by atoms with E-state index in [0.717, 1.165) is 22.8 Å². The first-order valence-electron chi connectivity index (χ1n) is 6.63. The minimum atomic E-state index is -0.535. The van der Waals surface area contributed by atoms with E-state index in [0.29, 0.717) is 6.42 Å². The summed E-state index contributed by atoms with van der Waals surface area (Å²) in [5.74, 6) is 0.891. The van der Waals surface area contributed by atoms with Crippen molar-refractivity contribution in [2.45, 2.75) is 25.0 Å². The highest BCUT2D eigenvalue weighted by molar-refractivity contribution is 7.15. The highest BCUT2D eigenvalue weighted by atomic mass is 32.1. The average Bonchev–Trinajstić information content (AvgIpc) is 3.10. The summed E-state index contributed by atoms with van der Waals surface area (Å²) in [6, 6.07) is 7.96. The van der Waals surface area contributed by atoms with Gasteiger partial charge in [0, 0.05) is 30.6 Å². The normalized spacial score (nSPS) is 18.9. The molecule has 2 aromatic heterocycles. The van der Waals surface area contributed by atoms with Gasteiger partial charge in [-0.1, -0.05) is 18.2 Å². The zero-order valence-corrected chi connectivity index (χ0v) is 11.6. The lowest BCUT2D eigenvalue weighted by Gasteiger charge is -2.16. The van der Waals surface area contributed by atoms with Gasteiger partial charge in [-0.2, -0.15) is 0 Å². The van der Waals surface area contributed by atoms with E-state index in [9.17, 15) is 5.11 Å². The fourth-order valence-electron chi connectivity index (χ4n) is 2.64. The maximum absolute atomic E-state index is 10.4. The van der Waals surface area contributed by atoms with Crippen molar-refractivity contribution in [1.29, 1.82) is 0 Å². The minimum absolute atomic E-state index is 0.174. The number of rotatable bonds is 3. The van der Waals surface area contributed by atoms with Crippen LogP contribution in [0.3, 0.4) is 0 Å². The fraction of sp³-hybridized carbons (Fsp3) is 0.267. The maximum Gasteiger partial charge on any atom is 0.193 e. The summed E-state index contributed by atoms with van der Waals surface area (Å²) >= 11 is 1.60. The second kappa shape index (κ2) is 4.61. The summed E-state index contributed by atoms with van der Waals surface area (Å²) in [7, 11) is 0. The Labute approximate surface area is 120 Å². The Morgan fingerprint density at radius 1 is 1.45 bits per heavy atom. The van der Waals surface area contributed by atoms with Crippen LogP contribution in [-0.2, 0) is 12.8 Å². The van der Waals surface area contributed by atoms with E-state index in [4.69, 9.17) is 4.74 Å². The zero-order chi connectivity index (χ0) is 13.5. The standard InChI is InChI=1S/C15H14N2O2S/c18-12(8-11-9-17-5-6-20-15(17)16-11)14-7-10-3-1-2-4-13(10)19-14/h1-6,9,12,14,18H,7-8H2. The Morgan fingerprint density at radius 3 is 3.20 bits per heavy atom. The number of hydrogen-bond acceptors (Lipinski definition) is 4. The largest absolute Gasteiger partial charge is 0.487 e. The number of imidazole rings is 1. The van der Waals surface area contributed by atoms with Gasteiger partial charge >= 0.3 is 0 Å². The summed E-state index contributed by atoms with van der Waals surface area (Å²) in [5.41, 5.74) is 2.08. The molecule has 2 unspecified atom stereocenters. The summed E-state index contributed by atoms with van der Waals surface area (Å²) < 4.78 is 7.80. The van der Waals surface area contributed by atoms with Crippen LogP contribution in [0.5, 0.6) is 5.75 Å². The van der Waals surface area contributed by atoms with Gasteiger partial charge in [0.15, 0.2) is 4.96 Å². The number of benzene rings is 1. The molecule has 0 fully saturated rings. The molecule has 0 amide bonds. The fourth-order valence-corrected chi connectivity index (χ4v) is 3.36. The molecule has 1 aliphatic heterocycles. The van der Waals surface area contributed by atoms with Crippen molar-refractivity contribution in [3.05, 3.63) is 53.3 Å². The highest BCUT2D eigenvalue weighted by Crippen LogP contribution is 2.30. The van der Waals surface area contributed by atoms with E-state index in [1.54, 1.807) is 11.3 Å². The summed E-state index contributed by atoms with van der Waals surface area (Å²) in [5, 5.41) is 12.4. The molecule has 20 heavy (non-hydrogen) atoms. The first-order valence-corrected chi connectivity index (χ1v) is 7.51. The number of aromatic nitrogens is 2. The predicted molar refractivity (Wildman–Crippen MR) is 77.3 cm³/mol. The molecule has 0 spiro atoms. The molecule has 0 aliphatic carbocycles. The van der Waals surface area contributed by atoms with Crippen LogP contribution in [0.25, 0.3) is 4.96 Å². The molecule has 0 radical (unpaired) electrons. The second-order valence-corrected chi connectivity index (χ2v) is 5.94. The van der Waals surface area contributed by atoms with Crippen molar-refractivity contribution in [1.82, 2.24) is 9.38 Å². The lowest BCUT2D eigenvalue weighted by Crippen LogP contribution is -2.32. The van der Waals surface area contributed by atoms with Crippen LogP contribution in [0.15, 0.2) is 42.0 Å². The Balaban J connectivity index is 1.49. The number of thiazole rings is 1. The van der Waals surface area contributed by atoms with Crippen molar-refractivity contribution in [2.75, 3.05) is 0 Å². The first kappa shape index (κ1) is 11.9. The third kappa shape index (κ3) is 1.99. The molecular formula is C15H14N2O2S. The first-order chi connectivity index (χ1) is 9.79. The molecule has 3 aromatic rings. The number of nitrogens with zero attached hydrogens (tertiary/aromatic N) is 2. The van der Waals surface area contributed by atoms with Crippen LogP contribution in [0, 0.1) is 0 Å². The Hall–Kier alpha value is -1.85. The van der Waals surface area contributed by atoms with Crippen LogP contribution in [-0.4, -0.2) is 26.7 Å². The van der Waals surface area contributed by atoms with Crippen LogP contribution < -0.4 is 4.74 Å². The minimum Gasteiger partial charge on any atom is -0.487 e. The lowest BCUT2D eigenvalue weighted by atomic mass is 10.0. The van der Waals surface area contributed by atoms with E-state index in [2.05, 4.69) is 11.1 Å². The van der Waals surface area contributed by atoms with Gasteiger partial charge in [-0.15, -0.1) is 11.3 Å². The number of fused-ring (bicyclic) bond motifs is 2. The van der Waals surface area contributed by atoms with E-state index in [1.165, 1.54) is 5.56 Å². The quantitative estimate of drug-likeness (QED) is 0.803. The summed E-state index contributed by atoms with van der Waals surface area (Å²) in [4.78, 5) is 5.46. The molecule has 2 atom stereocenters. The number of para-hydroxylation sites is 1. The molecule has 0 bridgehead atoms. The van der Waals surface area contributed by atoms with Gasteiger partial charge in [-0.05, 0) is 11.6 Å². The van der Waals surface area contributed by atoms with Crippen molar-refractivity contribution < 1.29 is 9.84 Å². The number of aliphatic hydroxyl groups is 1. The van der Waals surface area contributed by atoms with Gasteiger partial charge < -0.3 is 9.84 Å². The molecule has 102 valence electrons. The van der Waals surface area contributed by atoms with E-state index >= 15 is 0 Å². The van der Waals surface area contributed by atoms with Crippen LogP contribution in [0.2, 0.25) is 0 Å². The molecule has 4 nitrogen and oxygen atoms in total. The third-order valence-electron chi connectivity index (χ3n) is 3.66. The van der Waals surface area contributed by atoms with Crippen molar-refractivity contribution >= 4 is 16.3 Å². The molecule has 5 heteroatoms. The summed E-state index contributed by atoms with van der Waals surface area (Å²) in [6.07, 6.45) is 4.52. The monoisotopic (exact) mass is 286 g/mol. The number of ether oxygens (including phenoxy) is 1. The lowest BCUT2D eigenvalue weighted by molar-refractivity contribution is 0.0497. The highest BCUT2D eigenvalue weighted by Gasteiger charge is 2.29. The Kier molecular flexibility index (Phi) is 2.75. The second-order valence-electron chi connectivity index (χ2n) is 5.06. The summed E-state index contributed by atoms with van der Waals surface area (Å²) in [6.45, 7) is 0. The van der Waals surface area contributed by atoms with Crippen molar-refractivity contribution in [3.8, 4) is 5.75 Å². The average molecular weight is 286 g/mol. The van der Waals surface area contributed by atoms with Gasteiger partial charge in [0.05, 0.1) is 11.8 Å². The molecule has 1 aromatic carbocycles. The molecule has 1 aliphatic rings. The Bertz CT molecular complexity index is 696. The molecule has 1 N–H and O–H groups in total. The van der Waals surface area contributed by atoms with Crippen LogP contribution >= 0.6 is 11.3 Å². The van der Waals surface area contributed by atoms with Gasteiger partial charge in [-0.3, -0.25) is 4.40 Å². The number of aliphatic hydroxyl groups excluding tert-OH is 1. The molecule has 4 rings (SSSR count). The van der Waals surface area contributed by atoms with Crippen LogP contribution in [0.1, 0.15) is 11.3 Å². The molecule has 3 heterocycles. The van der Waals surface area contributed by atoms with Gasteiger partial charge in [0.25, 0.3) is 0 Å².